The van der Waals surface area contributed by atoms with Crippen molar-refractivity contribution in [2.45, 2.75) is 38.8 Å². The molecule has 1 aliphatic rings. The largest absolute Gasteiger partial charge is 0.444 e. The van der Waals surface area contributed by atoms with E-state index in [1.807, 2.05) is 25.3 Å². The zero-order chi connectivity index (χ0) is 26.6. The van der Waals surface area contributed by atoms with Gasteiger partial charge in [-0.25, -0.2) is 19.2 Å². The predicted octanol–water partition coefficient (Wildman–Crippen LogP) is 3.50. The molecule has 1 aromatic carbocycles. The van der Waals surface area contributed by atoms with Crippen molar-refractivity contribution in [2.75, 3.05) is 31.1 Å². The number of hydrogen-bond donors (Lipinski definition) is 1. The fourth-order valence-electron chi connectivity index (χ4n) is 4.07. The third-order valence-corrected chi connectivity index (χ3v) is 6.55. The summed E-state index contributed by atoms with van der Waals surface area (Å²) in [7, 11) is 0. The van der Waals surface area contributed by atoms with Crippen LogP contribution in [0.2, 0.25) is 0 Å². The lowest BCUT2D eigenvalue weighted by molar-refractivity contribution is 0.0213. The molecule has 0 saturated carbocycles. The molecule has 2 amide bonds. The summed E-state index contributed by atoms with van der Waals surface area (Å²) in [4.78, 5) is 37.9. The minimum absolute atomic E-state index is 0.122. The van der Waals surface area contributed by atoms with Gasteiger partial charge in [0, 0.05) is 49.5 Å². The van der Waals surface area contributed by atoms with Crippen LogP contribution in [0.4, 0.5) is 14.9 Å². The van der Waals surface area contributed by atoms with Crippen LogP contribution in [-0.4, -0.2) is 69.3 Å². The quantitative estimate of drug-likeness (QED) is 0.497. The summed E-state index contributed by atoms with van der Waals surface area (Å²) in [6.07, 6.45) is 8.77. The number of terminal acetylenes is 1. The van der Waals surface area contributed by atoms with E-state index in [-0.39, 0.29) is 36.1 Å². The number of rotatable bonds is 6. The van der Waals surface area contributed by atoms with Gasteiger partial charge in [0.1, 0.15) is 22.9 Å². The van der Waals surface area contributed by atoms with E-state index in [2.05, 4.69) is 26.1 Å². The van der Waals surface area contributed by atoms with Crippen LogP contribution in [0, 0.1) is 18.2 Å². The second-order valence-corrected chi connectivity index (χ2v) is 10.4. The van der Waals surface area contributed by atoms with Gasteiger partial charge in [0.15, 0.2) is 5.13 Å². The van der Waals surface area contributed by atoms with Crippen molar-refractivity contribution in [2.24, 2.45) is 0 Å². The first kappa shape index (κ1) is 26.2. The van der Waals surface area contributed by atoms with Crippen molar-refractivity contribution in [3.8, 4) is 17.5 Å². The Balaban J connectivity index is 1.58. The van der Waals surface area contributed by atoms with Crippen LogP contribution in [-0.2, 0) is 11.2 Å². The van der Waals surface area contributed by atoms with Gasteiger partial charge in [0.2, 0.25) is 0 Å². The molecule has 3 heterocycles. The molecule has 4 rings (SSSR count). The fourth-order valence-corrected chi connectivity index (χ4v) is 4.87. The third-order valence-electron chi connectivity index (χ3n) is 5.71. The van der Waals surface area contributed by atoms with Gasteiger partial charge in [-0.05, 0) is 45.0 Å². The number of thiazole rings is 1. The van der Waals surface area contributed by atoms with E-state index in [1.54, 1.807) is 34.8 Å². The summed E-state index contributed by atoms with van der Waals surface area (Å²) in [5.74, 6) is 2.43. The fraction of sp³-hybridized carbons (Fsp3) is 0.385. The van der Waals surface area contributed by atoms with Crippen molar-refractivity contribution in [1.29, 1.82) is 0 Å². The van der Waals surface area contributed by atoms with Crippen LogP contribution in [0.15, 0.2) is 42.0 Å². The average molecular weight is 525 g/mol. The molecule has 194 valence electrons. The standard InChI is InChI=1S/C26H29FN6O3S/c1-5-10-29-23(34)21-17-37-24(30-21)33-12-11-28-22(33)15-20-16-31(25(35)36-26(2,3)4)13-14-32(20)19-8-6-18(27)7-9-19/h1,6-9,11-12,17,20H,10,13-16H2,2-4H3,(H,29,34). The maximum atomic E-state index is 13.6. The lowest BCUT2D eigenvalue weighted by Gasteiger charge is -2.43. The number of benzene rings is 1. The number of imidazole rings is 1. The Morgan fingerprint density at radius 3 is 2.73 bits per heavy atom. The zero-order valence-electron chi connectivity index (χ0n) is 21.0. The van der Waals surface area contributed by atoms with Gasteiger partial charge in [-0.2, -0.15) is 0 Å². The van der Waals surface area contributed by atoms with Crippen molar-refractivity contribution in [3.63, 3.8) is 0 Å². The van der Waals surface area contributed by atoms with E-state index in [1.165, 1.54) is 23.5 Å². The van der Waals surface area contributed by atoms with E-state index in [9.17, 15) is 14.0 Å². The topological polar surface area (TPSA) is 92.6 Å². The summed E-state index contributed by atoms with van der Waals surface area (Å²) < 4.78 is 21.0. The normalized spacial score (nSPS) is 15.8. The number of hydrogen-bond acceptors (Lipinski definition) is 7. The van der Waals surface area contributed by atoms with E-state index in [0.717, 1.165) is 5.69 Å². The number of ether oxygens (including phenoxy) is 1. The van der Waals surface area contributed by atoms with E-state index in [0.29, 0.717) is 37.0 Å². The van der Waals surface area contributed by atoms with Crippen LogP contribution in [0.1, 0.15) is 37.1 Å². The van der Waals surface area contributed by atoms with Gasteiger partial charge in [-0.15, -0.1) is 17.8 Å². The Hall–Kier alpha value is -3.91. The first-order valence-corrected chi connectivity index (χ1v) is 12.7. The monoisotopic (exact) mass is 524 g/mol. The zero-order valence-corrected chi connectivity index (χ0v) is 21.8. The molecule has 1 aliphatic heterocycles. The molecule has 9 nitrogen and oxygen atoms in total. The maximum Gasteiger partial charge on any atom is 0.410 e. The first-order chi connectivity index (χ1) is 17.6. The highest BCUT2D eigenvalue weighted by Gasteiger charge is 2.33. The van der Waals surface area contributed by atoms with Gasteiger partial charge >= 0.3 is 6.09 Å². The second-order valence-electron chi connectivity index (χ2n) is 9.57. The molecule has 37 heavy (non-hydrogen) atoms. The number of anilines is 1. The number of amides is 2. The SMILES string of the molecule is C#CCNC(=O)c1csc(-n2ccnc2CC2CN(C(=O)OC(C)(C)C)CCN2c2ccc(F)cc2)n1. The van der Waals surface area contributed by atoms with Crippen LogP contribution < -0.4 is 10.2 Å². The summed E-state index contributed by atoms with van der Waals surface area (Å²) in [5.41, 5.74) is 0.526. The highest BCUT2D eigenvalue weighted by molar-refractivity contribution is 7.12. The molecular formula is C26H29FN6O3S. The Morgan fingerprint density at radius 1 is 1.27 bits per heavy atom. The second kappa shape index (κ2) is 11.0. The smallest absolute Gasteiger partial charge is 0.410 e. The molecular weight excluding hydrogens is 495 g/mol. The van der Waals surface area contributed by atoms with Gasteiger partial charge in [0.05, 0.1) is 12.6 Å². The minimum Gasteiger partial charge on any atom is -0.444 e. The third kappa shape index (κ3) is 6.46. The van der Waals surface area contributed by atoms with E-state index >= 15 is 0 Å². The average Bonchev–Trinajstić information content (AvgIpc) is 3.52. The molecule has 3 aromatic rings. The lowest BCUT2D eigenvalue weighted by Crippen LogP contribution is -2.56. The van der Waals surface area contributed by atoms with Gasteiger partial charge in [-0.1, -0.05) is 5.92 Å². The summed E-state index contributed by atoms with van der Waals surface area (Å²) in [6.45, 7) is 7.05. The highest BCUT2D eigenvalue weighted by Crippen LogP contribution is 2.26. The summed E-state index contributed by atoms with van der Waals surface area (Å²) in [5, 5.41) is 4.87. The van der Waals surface area contributed by atoms with Gasteiger partial charge < -0.3 is 19.9 Å². The van der Waals surface area contributed by atoms with Crippen LogP contribution in [0.5, 0.6) is 0 Å². The molecule has 1 N–H and O–H groups in total. The predicted molar refractivity (Wildman–Crippen MR) is 139 cm³/mol. The number of nitrogens with zero attached hydrogens (tertiary/aromatic N) is 5. The highest BCUT2D eigenvalue weighted by atomic mass is 32.1. The summed E-state index contributed by atoms with van der Waals surface area (Å²) in [6, 6.07) is 6.16. The Kier molecular flexibility index (Phi) is 7.78. The van der Waals surface area contributed by atoms with Crippen molar-refractivity contribution in [1.82, 2.24) is 24.8 Å². The number of halogens is 1. The number of piperazine rings is 1. The molecule has 2 aromatic heterocycles. The Morgan fingerprint density at radius 2 is 2.03 bits per heavy atom. The van der Waals surface area contributed by atoms with Gasteiger partial charge in [0.25, 0.3) is 5.91 Å². The molecule has 0 radical (unpaired) electrons. The molecule has 1 unspecified atom stereocenters. The van der Waals surface area contributed by atoms with Crippen LogP contribution in [0.3, 0.4) is 0 Å². The lowest BCUT2D eigenvalue weighted by atomic mass is 10.1. The minimum atomic E-state index is -0.605. The van der Waals surface area contributed by atoms with Crippen molar-refractivity contribution >= 4 is 29.0 Å². The number of nitrogens with one attached hydrogen (secondary N) is 1. The Bertz CT molecular complexity index is 1290. The summed E-state index contributed by atoms with van der Waals surface area (Å²) >= 11 is 1.32. The molecule has 0 spiro atoms. The number of aromatic nitrogens is 3. The molecule has 11 heteroatoms. The van der Waals surface area contributed by atoms with Gasteiger partial charge in [-0.3, -0.25) is 9.36 Å². The number of carbonyl (C=O) groups is 2. The van der Waals surface area contributed by atoms with Crippen molar-refractivity contribution in [3.05, 3.63) is 59.4 Å². The first-order valence-electron chi connectivity index (χ1n) is 11.8. The van der Waals surface area contributed by atoms with Crippen molar-refractivity contribution < 1.29 is 18.7 Å². The molecule has 1 fully saturated rings. The van der Waals surface area contributed by atoms with E-state index < -0.39 is 5.60 Å². The van der Waals surface area contributed by atoms with Crippen LogP contribution >= 0.6 is 11.3 Å². The molecule has 0 bridgehead atoms. The maximum absolute atomic E-state index is 13.6. The molecule has 1 atom stereocenters. The Labute approximate surface area is 219 Å². The molecule has 1 saturated heterocycles. The number of carbonyl (C=O) groups excluding carboxylic acids is 2. The van der Waals surface area contributed by atoms with Crippen LogP contribution in [0.25, 0.3) is 5.13 Å². The van der Waals surface area contributed by atoms with E-state index in [4.69, 9.17) is 11.2 Å². The molecule has 0 aliphatic carbocycles.